The maximum Gasteiger partial charge on any atom is 0.250 e. The van der Waals surface area contributed by atoms with E-state index in [9.17, 15) is 4.79 Å². The second kappa shape index (κ2) is 9.31. The number of carbonyl (C=O) groups is 1. The number of primary amides is 1. The lowest BCUT2D eigenvalue weighted by molar-refractivity contribution is 0.1000. The van der Waals surface area contributed by atoms with Gasteiger partial charge < -0.3 is 21.8 Å². The van der Waals surface area contributed by atoms with Crippen molar-refractivity contribution in [2.45, 2.75) is 6.04 Å². The van der Waals surface area contributed by atoms with Crippen LogP contribution in [0, 0.1) is 0 Å². The first kappa shape index (κ1) is 21.7. The lowest BCUT2D eigenvalue weighted by Crippen LogP contribution is -2.23. The summed E-state index contributed by atoms with van der Waals surface area (Å²) in [6.07, 6.45) is 6.40. The van der Waals surface area contributed by atoms with Crippen LogP contribution in [0.1, 0.15) is 22.2 Å². The third kappa shape index (κ3) is 4.70. The van der Waals surface area contributed by atoms with Crippen LogP contribution in [0.15, 0.2) is 55.1 Å². The summed E-state index contributed by atoms with van der Waals surface area (Å²) < 4.78 is 0. The van der Waals surface area contributed by atoms with Crippen LogP contribution >= 0.6 is 23.2 Å². The predicted molar refractivity (Wildman–Crippen MR) is 123 cm³/mol. The van der Waals surface area contributed by atoms with Gasteiger partial charge in [-0.05, 0) is 30.3 Å². The Morgan fingerprint density at radius 3 is 2.59 bits per heavy atom. The van der Waals surface area contributed by atoms with Crippen molar-refractivity contribution in [1.29, 1.82) is 0 Å². The zero-order valence-electron chi connectivity index (χ0n) is 16.6. The van der Waals surface area contributed by atoms with Gasteiger partial charge in [-0.2, -0.15) is 0 Å². The number of imidazole rings is 1. The molecule has 0 aliphatic rings. The van der Waals surface area contributed by atoms with Crippen LogP contribution in [0.25, 0.3) is 22.6 Å². The number of hydrogen-bond acceptors (Lipinski definition) is 7. The van der Waals surface area contributed by atoms with E-state index in [-0.39, 0.29) is 0 Å². The number of halogens is 2. The van der Waals surface area contributed by atoms with Gasteiger partial charge in [0, 0.05) is 41.9 Å². The van der Waals surface area contributed by atoms with Crippen molar-refractivity contribution in [3.8, 4) is 22.6 Å². The molecule has 1 aromatic carbocycles. The fraction of sp³-hybridized carbons (Fsp3) is 0.0952. The number of hydrogen-bond donors (Lipinski definition) is 4. The number of carbonyl (C=O) groups excluding carboxylic acids is 1. The van der Waals surface area contributed by atoms with E-state index < -0.39 is 11.9 Å². The zero-order chi connectivity index (χ0) is 22.7. The highest BCUT2D eigenvalue weighted by molar-refractivity contribution is 6.36. The van der Waals surface area contributed by atoms with E-state index in [0.29, 0.717) is 56.4 Å². The monoisotopic (exact) mass is 468 g/mol. The Hall–Kier alpha value is -3.53. The maximum absolute atomic E-state index is 11.2. The highest BCUT2D eigenvalue weighted by Gasteiger charge is 2.19. The molecule has 9 nitrogen and oxygen atoms in total. The van der Waals surface area contributed by atoms with E-state index in [2.05, 4.69) is 25.3 Å². The number of H-pyrrole nitrogens is 1. The number of aromatic nitrogens is 5. The van der Waals surface area contributed by atoms with Gasteiger partial charge >= 0.3 is 0 Å². The number of nitrogens with two attached hydrogens (primary N) is 2. The van der Waals surface area contributed by atoms with Crippen LogP contribution in [0.5, 0.6) is 0 Å². The van der Waals surface area contributed by atoms with Gasteiger partial charge in [0.1, 0.15) is 17.5 Å². The molecule has 0 spiro atoms. The maximum atomic E-state index is 11.2. The van der Waals surface area contributed by atoms with E-state index in [4.69, 9.17) is 39.7 Å². The molecule has 0 fully saturated rings. The molecule has 0 aliphatic carbocycles. The number of nitrogens with zero attached hydrogens (tertiary/aromatic N) is 4. The van der Waals surface area contributed by atoms with Crippen LogP contribution in [0.3, 0.4) is 0 Å². The van der Waals surface area contributed by atoms with E-state index >= 15 is 0 Å². The first-order chi connectivity index (χ1) is 15.4. The number of anilines is 1. The second-order valence-corrected chi connectivity index (χ2v) is 7.68. The summed E-state index contributed by atoms with van der Waals surface area (Å²) in [4.78, 5) is 31.8. The number of rotatable bonds is 7. The van der Waals surface area contributed by atoms with Crippen LogP contribution in [-0.2, 0) is 0 Å². The van der Waals surface area contributed by atoms with Crippen LogP contribution in [0.2, 0.25) is 10.0 Å². The largest absolute Gasteiger partial charge is 0.368 e. The van der Waals surface area contributed by atoms with Crippen molar-refractivity contribution in [1.82, 2.24) is 24.9 Å². The molecular formula is C21H18Cl2N8O. The van der Waals surface area contributed by atoms with Crippen LogP contribution < -0.4 is 16.8 Å². The summed E-state index contributed by atoms with van der Waals surface area (Å²) in [5.74, 6) is 1.00. The molecule has 11 heteroatoms. The lowest BCUT2D eigenvalue weighted by atomic mass is 10.1. The molecule has 6 N–H and O–H groups in total. The summed E-state index contributed by atoms with van der Waals surface area (Å²) in [7, 11) is 0. The minimum Gasteiger partial charge on any atom is -0.368 e. The average Bonchev–Trinajstić information content (AvgIpc) is 3.32. The Labute approximate surface area is 193 Å². The highest BCUT2D eigenvalue weighted by Crippen LogP contribution is 2.34. The minimum atomic E-state index is -0.553. The minimum absolute atomic E-state index is 0.302. The third-order valence-electron chi connectivity index (χ3n) is 4.63. The van der Waals surface area contributed by atoms with Gasteiger partial charge in [0.15, 0.2) is 0 Å². The Kier molecular flexibility index (Phi) is 6.31. The summed E-state index contributed by atoms with van der Waals surface area (Å²) in [6.45, 7) is 0.302. The molecule has 0 radical (unpaired) electrons. The molecule has 3 aromatic heterocycles. The number of pyridine rings is 1. The molecule has 3 heterocycles. The number of nitrogens with one attached hydrogen (secondary N) is 2. The third-order valence-corrected chi connectivity index (χ3v) is 5.18. The normalized spacial score (nSPS) is 11.8. The van der Waals surface area contributed by atoms with Crippen molar-refractivity contribution in [2.75, 3.05) is 11.9 Å². The first-order valence-electron chi connectivity index (χ1n) is 9.50. The molecule has 4 aromatic rings. The molecule has 1 amide bonds. The van der Waals surface area contributed by atoms with E-state index in [0.717, 1.165) is 0 Å². The van der Waals surface area contributed by atoms with Crippen LogP contribution in [0.4, 0.5) is 5.82 Å². The molecular weight excluding hydrogens is 451 g/mol. The molecule has 0 bridgehead atoms. The van der Waals surface area contributed by atoms with Gasteiger partial charge in [0.05, 0.1) is 27.9 Å². The average molecular weight is 469 g/mol. The van der Waals surface area contributed by atoms with Gasteiger partial charge in [-0.3, -0.25) is 4.79 Å². The first-order valence-corrected chi connectivity index (χ1v) is 10.3. The van der Waals surface area contributed by atoms with Gasteiger partial charge in [0.2, 0.25) is 5.91 Å². The Morgan fingerprint density at radius 1 is 1.09 bits per heavy atom. The Bertz CT molecular complexity index is 1250. The molecule has 0 saturated heterocycles. The van der Waals surface area contributed by atoms with Crippen molar-refractivity contribution >= 4 is 34.9 Å². The van der Waals surface area contributed by atoms with Crippen molar-refractivity contribution in [3.05, 3.63) is 76.6 Å². The SMILES string of the molecule is NC(=O)c1ccc(NCC(N)c2ncc(-c3ncc[nH]3)c(-c3ccc(Cl)cc3Cl)n2)nc1. The van der Waals surface area contributed by atoms with E-state index in [1.807, 2.05) is 0 Å². The van der Waals surface area contributed by atoms with Crippen molar-refractivity contribution < 1.29 is 4.79 Å². The smallest absolute Gasteiger partial charge is 0.250 e. The fourth-order valence-corrected chi connectivity index (χ4v) is 3.49. The summed E-state index contributed by atoms with van der Waals surface area (Å²) >= 11 is 12.5. The zero-order valence-corrected chi connectivity index (χ0v) is 18.1. The van der Waals surface area contributed by atoms with Crippen LogP contribution in [-0.4, -0.2) is 37.4 Å². The topological polar surface area (TPSA) is 148 Å². The fourth-order valence-electron chi connectivity index (χ4n) is 3.00. The molecule has 4 rings (SSSR count). The van der Waals surface area contributed by atoms with Crippen molar-refractivity contribution in [2.24, 2.45) is 11.5 Å². The number of aromatic amines is 1. The number of amides is 1. The molecule has 0 aliphatic heterocycles. The quantitative estimate of drug-likeness (QED) is 0.324. The standard InChI is InChI=1S/C21H18Cl2N8O/c22-12-2-3-13(15(23)7-12)18-14(20-26-5-6-27-20)9-30-21(31-18)16(24)10-29-17-4-1-11(8-28-17)19(25)32/h1-9,16H,10,24H2,(H2,25,32)(H,26,27)(H,28,29). The predicted octanol–water partition coefficient (Wildman–Crippen LogP) is 3.45. The molecule has 1 unspecified atom stereocenters. The summed E-state index contributed by atoms with van der Waals surface area (Å²) in [5.41, 5.74) is 13.8. The Balaban J connectivity index is 1.62. The van der Waals surface area contributed by atoms with Gasteiger partial charge in [-0.1, -0.05) is 23.2 Å². The van der Waals surface area contributed by atoms with Gasteiger partial charge in [-0.25, -0.2) is 19.9 Å². The summed E-state index contributed by atoms with van der Waals surface area (Å²) in [5, 5.41) is 4.06. The summed E-state index contributed by atoms with van der Waals surface area (Å²) in [6, 6.07) is 7.85. The Morgan fingerprint density at radius 2 is 1.94 bits per heavy atom. The van der Waals surface area contributed by atoms with Crippen molar-refractivity contribution in [3.63, 3.8) is 0 Å². The number of benzene rings is 1. The molecule has 32 heavy (non-hydrogen) atoms. The van der Waals surface area contributed by atoms with E-state index in [1.54, 1.807) is 48.9 Å². The van der Waals surface area contributed by atoms with Gasteiger partial charge in [-0.15, -0.1) is 0 Å². The molecule has 0 saturated carbocycles. The lowest BCUT2D eigenvalue weighted by Gasteiger charge is -2.15. The van der Waals surface area contributed by atoms with Gasteiger partial charge in [0.25, 0.3) is 0 Å². The second-order valence-electron chi connectivity index (χ2n) is 6.84. The molecule has 162 valence electrons. The van der Waals surface area contributed by atoms with E-state index in [1.165, 1.54) is 6.20 Å². The molecule has 1 atom stereocenters. The highest BCUT2D eigenvalue weighted by atomic mass is 35.5.